The van der Waals surface area contributed by atoms with Gasteiger partial charge in [-0.3, -0.25) is 0 Å². The third-order valence-corrected chi connectivity index (χ3v) is 8.08. The maximum atomic E-state index is 4.82. The van der Waals surface area contributed by atoms with Crippen molar-refractivity contribution in [2.45, 2.75) is 72.9 Å². The maximum Gasteiger partial charge on any atom is 0.225 e. The van der Waals surface area contributed by atoms with Crippen molar-refractivity contribution in [1.29, 1.82) is 0 Å². The molecule has 1 saturated carbocycles. The molecule has 5 nitrogen and oxygen atoms in total. The monoisotopic (exact) mass is 459 g/mol. The van der Waals surface area contributed by atoms with E-state index in [1.54, 1.807) is 0 Å². The number of hydrogen-bond acceptors (Lipinski definition) is 5. The summed E-state index contributed by atoms with van der Waals surface area (Å²) < 4.78 is 0. The average Bonchev–Trinajstić information content (AvgIpc) is 2.84. The van der Waals surface area contributed by atoms with Crippen LogP contribution < -0.4 is 15.5 Å². The smallest absolute Gasteiger partial charge is 0.225 e. The molecule has 0 bridgehead atoms. The van der Waals surface area contributed by atoms with E-state index >= 15 is 0 Å². The summed E-state index contributed by atoms with van der Waals surface area (Å²) in [7, 11) is 4.08. The van der Waals surface area contributed by atoms with Crippen molar-refractivity contribution in [3.05, 3.63) is 57.6 Å². The van der Waals surface area contributed by atoms with Crippen molar-refractivity contribution in [1.82, 2.24) is 15.3 Å². The van der Waals surface area contributed by atoms with E-state index in [1.807, 2.05) is 26.2 Å². The van der Waals surface area contributed by atoms with Gasteiger partial charge in [0, 0.05) is 32.1 Å². The van der Waals surface area contributed by atoms with Gasteiger partial charge in [0.2, 0.25) is 5.95 Å². The molecule has 0 radical (unpaired) electrons. The van der Waals surface area contributed by atoms with Gasteiger partial charge in [0.1, 0.15) is 5.82 Å². The lowest BCUT2D eigenvalue weighted by molar-refractivity contribution is 0.323. The summed E-state index contributed by atoms with van der Waals surface area (Å²) in [6.07, 6.45) is 4.81. The zero-order valence-corrected chi connectivity index (χ0v) is 22.0. The molecule has 1 aliphatic rings. The summed E-state index contributed by atoms with van der Waals surface area (Å²) in [6.45, 7) is 13.4. The fraction of sp³-hybridized carbons (Fsp3) is 0.517. The maximum absolute atomic E-state index is 4.82. The summed E-state index contributed by atoms with van der Waals surface area (Å²) in [4.78, 5) is 11.7. The largest absolute Gasteiger partial charge is 0.362 e. The topological polar surface area (TPSA) is 53.1 Å². The first-order chi connectivity index (χ1) is 16.3. The second-order valence-electron chi connectivity index (χ2n) is 10.4. The lowest BCUT2D eigenvalue weighted by Gasteiger charge is -2.30. The van der Waals surface area contributed by atoms with Gasteiger partial charge in [0.15, 0.2) is 0 Å². The first-order valence-corrected chi connectivity index (χ1v) is 12.7. The van der Waals surface area contributed by atoms with Crippen molar-refractivity contribution in [2.75, 3.05) is 30.9 Å². The Bertz CT molecular complexity index is 1130. The number of para-hydroxylation sites is 1. The number of benzene rings is 2. The molecule has 0 saturated heterocycles. The molecule has 5 heteroatoms. The van der Waals surface area contributed by atoms with Crippen molar-refractivity contribution in [3.63, 3.8) is 0 Å². The van der Waals surface area contributed by atoms with Crippen LogP contribution in [0.1, 0.15) is 59.1 Å². The molecule has 1 aliphatic carbocycles. The van der Waals surface area contributed by atoms with Crippen LogP contribution in [0.5, 0.6) is 0 Å². The minimum atomic E-state index is 0.444. The molecule has 0 unspecified atom stereocenters. The quantitative estimate of drug-likeness (QED) is 0.454. The highest BCUT2D eigenvalue weighted by atomic mass is 15.2. The van der Waals surface area contributed by atoms with Gasteiger partial charge in [0.25, 0.3) is 0 Å². The van der Waals surface area contributed by atoms with Crippen LogP contribution in [0.4, 0.5) is 11.8 Å². The van der Waals surface area contributed by atoms with Gasteiger partial charge in [0.05, 0.1) is 5.52 Å². The Balaban J connectivity index is 1.32. The average molecular weight is 460 g/mol. The molecule has 0 spiro atoms. The van der Waals surface area contributed by atoms with E-state index in [-0.39, 0.29) is 0 Å². The van der Waals surface area contributed by atoms with Gasteiger partial charge in [-0.05, 0) is 118 Å². The molecule has 0 aliphatic heterocycles. The molecule has 0 atom stereocenters. The molecule has 2 aromatic carbocycles. The zero-order valence-electron chi connectivity index (χ0n) is 22.0. The minimum absolute atomic E-state index is 0.444. The van der Waals surface area contributed by atoms with Crippen LogP contribution in [0, 0.1) is 40.5 Å². The standard InChI is InChI=1S/C29H41N5/c1-18-19(2)21(4)26(22(5)20(18)3)17-30-16-23-12-14-24(15-13-23)31-29-32-27-11-9-8-10-25(27)28(33-29)34(6)7/h8-11,23-24,30H,12-17H2,1-7H3,(H,31,32,33)/t23-,24+. The fourth-order valence-electron chi connectivity index (χ4n) is 5.40. The van der Waals surface area contributed by atoms with Gasteiger partial charge in [-0.15, -0.1) is 0 Å². The Kier molecular flexibility index (Phi) is 7.42. The van der Waals surface area contributed by atoms with Crippen molar-refractivity contribution < 1.29 is 0 Å². The van der Waals surface area contributed by atoms with Crippen LogP contribution in [0.2, 0.25) is 0 Å². The first-order valence-electron chi connectivity index (χ1n) is 12.7. The highest BCUT2D eigenvalue weighted by molar-refractivity contribution is 5.90. The van der Waals surface area contributed by atoms with Crippen LogP contribution in [-0.4, -0.2) is 36.6 Å². The zero-order chi connectivity index (χ0) is 24.4. The summed E-state index contributed by atoms with van der Waals surface area (Å²) in [6, 6.07) is 8.69. The second kappa shape index (κ2) is 10.3. The molecular formula is C29H41N5. The minimum Gasteiger partial charge on any atom is -0.362 e. The van der Waals surface area contributed by atoms with E-state index in [4.69, 9.17) is 9.97 Å². The highest BCUT2D eigenvalue weighted by Crippen LogP contribution is 2.29. The molecule has 1 aromatic heterocycles. The Morgan fingerprint density at radius 1 is 0.824 bits per heavy atom. The van der Waals surface area contributed by atoms with E-state index in [2.05, 4.69) is 62.3 Å². The fourth-order valence-corrected chi connectivity index (χ4v) is 5.40. The van der Waals surface area contributed by atoms with Crippen LogP contribution in [-0.2, 0) is 6.54 Å². The summed E-state index contributed by atoms with van der Waals surface area (Å²) in [5.74, 6) is 2.46. The van der Waals surface area contributed by atoms with Gasteiger partial charge in [-0.25, -0.2) is 4.98 Å². The Morgan fingerprint density at radius 3 is 2.09 bits per heavy atom. The number of aromatic nitrogens is 2. The van der Waals surface area contributed by atoms with E-state index < -0.39 is 0 Å². The molecule has 1 fully saturated rings. The van der Waals surface area contributed by atoms with Crippen LogP contribution in [0.15, 0.2) is 24.3 Å². The van der Waals surface area contributed by atoms with E-state index in [0.717, 1.165) is 41.7 Å². The van der Waals surface area contributed by atoms with Gasteiger partial charge >= 0.3 is 0 Å². The predicted octanol–water partition coefficient (Wildman–Crippen LogP) is 6.00. The molecule has 1 heterocycles. The molecule has 3 aromatic rings. The van der Waals surface area contributed by atoms with Crippen LogP contribution in [0.3, 0.4) is 0 Å². The van der Waals surface area contributed by atoms with Crippen LogP contribution >= 0.6 is 0 Å². The normalized spacial score (nSPS) is 18.3. The molecule has 0 amide bonds. The van der Waals surface area contributed by atoms with Crippen molar-refractivity contribution in [2.24, 2.45) is 5.92 Å². The van der Waals surface area contributed by atoms with E-state index in [0.29, 0.717) is 6.04 Å². The molecule has 34 heavy (non-hydrogen) atoms. The Labute approximate surface area is 205 Å². The number of rotatable bonds is 7. The number of fused-ring (bicyclic) bond motifs is 1. The molecule has 182 valence electrons. The summed E-state index contributed by atoms with van der Waals surface area (Å²) in [5.41, 5.74) is 9.72. The Hall–Kier alpha value is -2.66. The Morgan fingerprint density at radius 2 is 1.44 bits per heavy atom. The van der Waals surface area contributed by atoms with E-state index in [9.17, 15) is 0 Å². The van der Waals surface area contributed by atoms with Gasteiger partial charge in [-0.1, -0.05) is 12.1 Å². The number of nitrogens with one attached hydrogen (secondary N) is 2. The van der Waals surface area contributed by atoms with Gasteiger partial charge in [-0.2, -0.15) is 4.98 Å². The first kappa shape index (κ1) is 24.5. The predicted molar refractivity (Wildman–Crippen MR) is 145 cm³/mol. The third kappa shape index (κ3) is 5.05. The van der Waals surface area contributed by atoms with Gasteiger partial charge < -0.3 is 15.5 Å². The third-order valence-electron chi connectivity index (χ3n) is 8.08. The second-order valence-corrected chi connectivity index (χ2v) is 10.4. The summed E-state index contributed by atoms with van der Waals surface area (Å²) >= 11 is 0. The lowest BCUT2D eigenvalue weighted by atomic mass is 9.85. The summed E-state index contributed by atoms with van der Waals surface area (Å²) in [5, 5.41) is 8.51. The van der Waals surface area contributed by atoms with Crippen molar-refractivity contribution >= 4 is 22.7 Å². The number of hydrogen-bond donors (Lipinski definition) is 2. The van der Waals surface area contributed by atoms with Crippen LogP contribution in [0.25, 0.3) is 10.9 Å². The molecule has 4 rings (SSSR count). The van der Waals surface area contributed by atoms with E-state index in [1.165, 1.54) is 59.1 Å². The molecule has 2 N–H and O–H groups in total. The lowest BCUT2D eigenvalue weighted by Crippen LogP contribution is -2.32. The number of nitrogens with zero attached hydrogens (tertiary/aromatic N) is 3. The van der Waals surface area contributed by atoms with Crippen molar-refractivity contribution in [3.8, 4) is 0 Å². The highest BCUT2D eigenvalue weighted by Gasteiger charge is 2.22. The SMILES string of the molecule is Cc1c(C)c(C)c(CNC[C@H]2CC[C@@H](Nc3nc(N(C)C)c4ccccc4n3)CC2)c(C)c1C. The number of anilines is 2. The molecular weight excluding hydrogens is 418 g/mol.